The van der Waals surface area contributed by atoms with E-state index in [1.165, 1.54) is 0 Å². The second-order valence-corrected chi connectivity index (χ2v) is 5.50. The summed E-state index contributed by atoms with van der Waals surface area (Å²) in [5.41, 5.74) is 4.65. The van der Waals surface area contributed by atoms with Gasteiger partial charge in [0.2, 0.25) is 5.91 Å². The molecule has 5 heteroatoms. The lowest BCUT2D eigenvalue weighted by Gasteiger charge is -2.07. The molecule has 0 fully saturated rings. The van der Waals surface area contributed by atoms with Crippen LogP contribution in [0.2, 0.25) is 0 Å². The van der Waals surface area contributed by atoms with Crippen molar-refractivity contribution in [2.24, 2.45) is 0 Å². The summed E-state index contributed by atoms with van der Waals surface area (Å²) in [6.45, 7) is 3.99. The highest BCUT2D eigenvalue weighted by Gasteiger charge is 2.08. The maximum absolute atomic E-state index is 12.2. The van der Waals surface area contributed by atoms with E-state index in [2.05, 4.69) is 10.3 Å². The Morgan fingerprint density at radius 3 is 2.61 bits per heavy atom. The van der Waals surface area contributed by atoms with Gasteiger partial charge >= 0.3 is 0 Å². The summed E-state index contributed by atoms with van der Waals surface area (Å²) in [4.78, 5) is 16.7. The number of aryl methyl sites for hydroxylation is 2. The number of carbonyl (C=O) groups excluding carboxylic acids is 1. The Hall–Kier alpha value is -2.82. The first-order chi connectivity index (χ1) is 11.1. The lowest BCUT2D eigenvalue weighted by Crippen LogP contribution is -2.14. The maximum Gasteiger partial charge on any atom is 0.228 e. The van der Waals surface area contributed by atoms with E-state index in [0.717, 1.165) is 34.0 Å². The number of aromatic nitrogens is 2. The Labute approximate surface area is 134 Å². The number of carbonyl (C=O) groups is 1. The lowest BCUT2D eigenvalue weighted by molar-refractivity contribution is -0.115. The molecule has 0 bridgehead atoms. The summed E-state index contributed by atoms with van der Waals surface area (Å²) >= 11 is 0. The van der Waals surface area contributed by atoms with E-state index in [-0.39, 0.29) is 5.91 Å². The van der Waals surface area contributed by atoms with Gasteiger partial charge in [0.15, 0.2) is 0 Å². The number of nitrogens with zero attached hydrogens (tertiary/aromatic N) is 2. The zero-order valence-electron chi connectivity index (χ0n) is 13.5. The van der Waals surface area contributed by atoms with E-state index in [1.807, 2.05) is 60.8 Å². The number of hydrogen-bond donors (Lipinski definition) is 1. The van der Waals surface area contributed by atoms with Gasteiger partial charge < -0.3 is 14.5 Å². The zero-order chi connectivity index (χ0) is 16.4. The second-order valence-electron chi connectivity index (χ2n) is 5.50. The minimum Gasteiger partial charge on any atom is -0.497 e. The number of pyridine rings is 1. The summed E-state index contributed by atoms with van der Waals surface area (Å²) in [6.07, 6.45) is 2.22. The fourth-order valence-electron chi connectivity index (χ4n) is 2.49. The molecular formula is C18H19N3O2. The van der Waals surface area contributed by atoms with Gasteiger partial charge in [-0.2, -0.15) is 0 Å². The van der Waals surface area contributed by atoms with Crippen LogP contribution < -0.4 is 10.1 Å². The minimum absolute atomic E-state index is 0.0518. The number of nitrogens with one attached hydrogen (secondary N) is 1. The molecule has 1 N–H and O–H groups in total. The van der Waals surface area contributed by atoms with Crippen LogP contribution in [0.3, 0.4) is 0 Å². The predicted molar refractivity (Wildman–Crippen MR) is 90.0 cm³/mol. The van der Waals surface area contributed by atoms with Crippen LogP contribution in [-0.4, -0.2) is 22.4 Å². The molecule has 0 aliphatic rings. The van der Waals surface area contributed by atoms with E-state index in [0.29, 0.717) is 6.42 Å². The molecule has 3 rings (SSSR count). The van der Waals surface area contributed by atoms with Crippen LogP contribution in [0.15, 0.2) is 42.6 Å². The Balaban J connectivity index is 1.72. The summed E-state index contributed by atoms with van der Waals surface area (Å²) in [7, 11) is 1.62. The normalized spacial score (nSPS) is 10.7. The molecule has 0 aliphatic carbocycles. The van der Waals surface area contributed by atoms with Gasteiger partial charge in [-0.05, 0) is 43.7 Å². The highest BCUT2D eigenvalue weighted by Crippen LogP contribution is 2.16. The summed E-state index contributed by atoms with van der Waals surface area (Å²) < 4.78 is 7.10. The van der Waals surface area contributed by atoms with E-state index in [9.17, 15) is 4.79 Å². The quantitative estimate of drug-likeness (QED) is 0.805. The predicted octanol–water partition coefficient (Wildman–Crippen LogP) is 3.14. The molecule has 0 aliphatic heterocycles. The molecule has 0 atom stereocenters. The third-order valence-electron chi connectivity index (χ3n) is 3.90. The number of benzene rings is 1. The Kier molecular flexibility index (Phi) is 4.02. The number of amides is 1. The van der Waals surface area contributed by atoms with Crippen molar-refractivity contribution in [1.82, 2.24) is 9.38 Å². The van der Waals surface area contributed by atoms with Crippen molar-refractivity contribution < 1.29 is 9.53 Å². The molecule has 118 valence electrons. The van der Waals surface area contributed by atoms with E-state index in [4.69, 9.17) is 4.74 Å². The number of rotatable bonds is 4. The molecular weight excluding hydrogens is 290 g/mol. The zero-order valence-corrected chi connectivity index (χ0v) is 13.5. The molecule has 5 nitrogen and oxygen atoms in total. The van der Waals surface area contributed by atoms with Crippen LogP contribution in [0.1, 0.15) is 17.0 Å². The fourth-order valence-corrected chi connectivity index (χ4v) is 2.49. The van der Waals surface area contributed by atoms with Gasteiger partial charge in [0, 0.05) is 11.9 Å². The molecule has 1 aromatic carbocycles. The van der Waals surface area contributed by atoms with Crippen LogP contribution in [0, 0.1) is 13.8 Å². The molecule has 0 radical (unpaired) electrons. The van der Waals surface area contributed by atoms with E-state index in [1.54, 1.807) is 7.11 Å². The van der Waals surface area contributed by atoms with Gasteiger partial charge in [-0.3, -0.25) is 4.79 Å². The molecule has 23 heavy (non-hydrogen) atoms. The van der Waals surface area contributed by atoms with Gasteiger partial charge in [-0.25, -0.2) is 4.98 Å². The smallest absolute Gasteiger partial charge is 0.228 e. The summed E-state index contributed by atoms with van der Waals surface area (Å²) in [6, 6.07) is 11.3. The molecule has 1 amide bonds. The lowest BCUT2D eigenvalue weighted by atomic mass is 10.1. The number of hydrogen-bond acceptors (Lipinski definition) is 3. The number of ether oxygens (including phenoxy) is 1. The minimum atomic E-state index is -0.0518. The average Bonchev–Trinajstić information content (AvgIpc) is 2.83. The van der Waals surface area contributed by atoms with Crippen LogP contribution in [0.25, 0.3) is 5.65 Å². The van der Waals surface area contributed by atoms with Crippen LogP contribution >= 0.6 is 0 Å². The SMILES string of the molecule is COc1ccc(CC(=O)Nc2ccc3nc(C)c(C)n3c2)cc1. The molecule has 0 unspecified atom stereocenters. The van der Waals surface area contributed by atoms with Gasteiger partial charge in [0.05, 0.1) is 24.9 Å². The van der Waals surface area contributed by atoms with Crippen molar-refractivity contribution in [3.63, 3.8) is 0 Å². The van der Waals surface area contributed by atoms with Gasteiger partial charge in [-0.15, -0.1) is 0 Å². The average molecular weight is 309 g/mol. The third kappa shape index (κ3) is 3.18. The summed E-state index contributed by atoms with van der Waals surface area (Å²) in [5.74, 6) is 0.731. The largest absolute Gasteiger partial charge is 0.497 e. The monoisotopic (exact) mass is 309 g/mol. The highest BCUT2D eigenvalue weighted by atomic mass is 16.5. The number of methoxy groups -OCH3 is 1. The molecule has 0 spiro atoms. The Morgan fingerprint density at radius 1 is 1.17 bits per heavy atom. The second kappa shape index (κ2) is 6.12. The highest BCUT2D eigenvalue weighted by molar-refractivity contribution is 5.92. The molecule has 0 saturated heterocycles. The Morgan fingerprint density at radius 2 is 1.91 bits per heavy atom. The fraction of sp³-hybridized carbons (Fsp3) is 0.222. The van der Waals surface area contributed by atoms with Crippen LogP contribution in [0.4, 0.5) is 5.69 Å². The van der Waals surface area contributed by atoms with Gasteiger partial charge in [0.1, 0.15) is 11.4 Å². The standard InChI is InChI=1S/C18H19N3O2/c1-12-13(2)21-11-15(6-9-17(21)19-12)20-18(22)10-14-4-7-16(23-3)8-5-14/h4-9,11H,10H2,1-3H3,(H,20,22). The van der Waals surface area contributed by atoms with Crippen molar-refractivity contribution in [1.29, 1.82) is 0 Å². The maximum atomic E-state index is 12.2. The number of imidazole rings is 1. The number of fused-ring (bicyclic) bond motifs is 1. The van der Waals surface area contributed by atoms with Gasteiger partial charge in [0.25, 0.3) is 0 Å². The van der Waals surface area contributed by atoms with Crippen molar-refractivity contribution in [3.05, 3.63) is 59.5 Å². The van der Waals surface area contributed by atoms with Crippen molar-refractivity contribution in [2.75, 3.05) is 12.4 Å². The molecule has 2 heterocycles. The van der Waals surface area contributed by atoms with Crippen molar-refractivity contribution in [3.8, 4) is 5.75 Å². The first-order valence-electron chi connectivity index (χ1n) is 7.45. The van der Waals surface area contributed by atoms with Crippen LogP contribution in [-0.2, 0) is 11.2 Å². The third-order valence-corrected chi connectivity index (χ3v) is 3.90. The first-order valence-corrected chi connectivity index (χ1v) is 7.45. The van der Waals surface area contributed by atoms with Gasteiger partial charge in [-0.1, -0.05) is 12.1 Å². The first kappa shape index (κ1) is 15.1. The van der Waals surface area contributed by atoms with Crippen molar-refractivity contribution >= 4 is 17.2 Å². The number of anilines is 1. The molecule has 3 aromatic rings. The Bertz CT molecular complexity index is 851. The molecule has 0 saturated carbocycles. The van der Waals surface area contributed by atoms with Crippen LogP contribution in [0.5, 0.6) is 5.75 Å². The van der Waals surface area contributed by atoms with E-state index >= 15 is 0 Å². The molecule has 2 aromatic heterocycles. The van der Waals surface area contributed by atoms with E-state index < -0.39 is 0 Å². The van der Waals surface area contributed by atoms with Crippen molar-refractivity contribution in [2.45, 2.75) is 20.3 Å². The summed E-state index contributed by atoms with van der Waals surface area (Å²) in [5, 5.41) is 2.93. The topological polar surface area (TPSA) is 55.6 Å².